The van der Waals surface area contributed by atoms with E-state index in [4.69, 9.17) is 9.47 Å². The molecular weight excluding hydrogens is 256 g/mol. The van der Waals surface area contributed by atoms with Crippen molar-refractivity contribution in [2.45, 2.75) is 38.3 Å². The summed E-state index contributed by atoms with van der Waals surface area (Å²) in [7, 11) is 0. The van der Waals surface area contributed by atoms with Crippen molar-refractivity contribution in [3.63, 3.8) is 0 Å². The molecule has 1 amide bonds. The van der Waals surface area contributed by atoms with Gasteiger partial charge in [-0.25, -0.2) is 0 Å². The molecule has 0 spiro atoms. The van der Waals surface area contributed by atoms with Crippen LogP contribution >= 0.6 is 0 Å². The van der Waals surface area contributed by atoms with Crippen LogP contribution in [0.3, 0.4) is 0 Å². The van der Waals surface area contributed by atoms with Gasteiger partial charge in [-0.2, -0.15) is 0 Å². The number of rotatable bonds is 7. The average Bonchev–Trinajstić information content (AvgIpc) is 3.12. The Balaban J connectivity index is 1.35. The number of hydrogen-bond donors (Lipinski definition) is 2. The molecule has 1 aromatic rings. The van der Waals surface area contributed by atoms with E-state index in [9.17, 15) is 4.79 Å². The number of para-hydroxylation sites is 1. The van der Waals surface area contributed by atoms with E-state index in [0.29, 0.717) is 19.3 Å². The highest BCUT2D eigenvalue weighted by atomic mass is 16.7. The van der Waals surface area contributed by atoms with Gasteiger partial charge in [0.2, 0.25) is 12.7 Å². The molecule has 0 atom stereocenters. The maximum atomic E-state index is 11.5. The van der Waals surface area contributed by atoms with E-state index < -0.39 is 0 Å². The fourth-order valence-corrected chi connectivity index (χ4v) is 2.25. The first-order valence-corrected chi connectivity index (χ1v) is 7.20. The summed E-state index contributed by atoms with van der Waals surface area (Å²) in [5.74, 6) is 1.83. The first-order chi connectivity index (χ1) is 9.83. The minimum Gasteiger partial charge on any atom is -0.454 e. The lowest BCUT2D eigenvalue weighted by atomic mass is 10.2. The lowest BCUT2D eigenvalue weighted by molar-refractivity contribution is -0.121. The minimum absolute atomic E-state index is 0.173. The third kappa shape index (κ3) is 3.42. The van der Waals surface area contributed by atoms with Gasteiger partial charge in [-0.1, -0.05) is 12.1 Å². The van der Waals surface area contributed by atoms with Crippen LogP contribution in [-0.2, 0) is 11.3 Å². The molecule has 5 heteroatoms. The molecule has 1 heterocycles. The van der Waals surface area contributed by atoms with E-state index >= 15 is 0 Å². The maximum absolute atomic E-state index is 11.5. The van der Waals surface area contributed by atoms with Crippen LogP contribution in [0.25, 0.3) is 0 Å². The molecule has 3 rings (SSSR count). The number of hydrogen-bond acceptors (Lipinski definition) is 4. The van der Waals surface area contributed by atoms with Crippen LogP contribution in [0, 0.1) is 0 Å². The quantitative estimate of drug-likeness (QED) is 0.742. The largest absolute Gasteiger partial charge is 0.454 e. The van der Waals surface area contributed by atoms with Crippen LogP contribution in [0.4, 0.5) is 0 Å². The molecule has 108 valence electrons. The molecule has 0 bridgehead atoms. The third-order valence-corrected chi connectivity index (χ3v) is 3.49. The first kappa shape index (κ1) is 13.2. The number of nitrogens with one attached hydrogen (secondary N) is 2. The Hall–Kier alpha value is -1.75. The van der Waals surface area contributed by atoms with Crippen molar-refractivity contribution in [2.24, 2.45) is 0 Å². The zero-order chi connectivity index (χ0) is 13.8. The number of fused-ring (bicyclic) bond motifs is 1. The lowest BCUT2D eigenvalue weighted by Crippen LogP contribution is -2.26. The topological polar surface area (TPSA) is 59.6 Å². The van der Waals surface area contributed by atoms with Gasteiger partial charge in [-0.3, -0.25) is 4.79 Å². The maximum Gasteiger partial charge on any atom is 0.231 e. The molecule has 0 aromatic heterocycles. The van der Waals surface area contributed by atoms with Crippen LogP contribution in [-0.4, -0.2) is 25.3 Å². The molecule has 2 N–H and O–H groups in total. The number of carbonyl (C=O) groups is 1. The van der Waals surface area contributed by atoms with Crippen LogP contribution in [0.1, 0.15) is 31.2 Å². The van der Waals surface area contributed by atoms with E-state index in [-0.39, 0.29) is 5.91 Å². The highest BCUT2D eigenvalue weighted by Gasteiger charge is 2.22. The molecule has 1 aromatic carbocycles. The highest BCUT2D eigenvalue weighted by molar-refractivity contribution is 5.76. The highest BCUT2D eigenvalue weighted by Crippen LogP contribution is 2.35. The summed E-state index contributed by atoms with van der Waals surface area (Å²) in [4.78, 5) is 11.5. The van der Waals surface area contributed by atoms with Gasteiger partial charge in [-0.05, 0) is 31.9 Å². The van der Waals surface area contributed by atoms with Crippen molar-refractivity contribution in [2.75, 3.05) is 13.3 Å². The van der Waals surface area contributed by atoms with Crippen LogP contribution in [0.2, 0.25) is 0 Å². The summed E-state index contributed by atoms with van der Waals surface area (Å²) in [5.41, 5.74) is 1.10. The SMILES string of the molecule is O=C(CCCNCc1cccc2c1OCO2)NC1CC1. The number of benzene rings is 1. The Kier molecular flexibility index (Phi) is 4.06. The minimum atomic E-state index is 0.173. The second-order valence-electron chi connectivity index (χ2n) is 5.27. The van der Waals surface area contributed by atoms with Crippen molar-refractivity contribution < 1.29 is 14.3 Å². The smallest absolute Gasteiger partial charge is 0.231 e. The fraction of sp³-hybridized carbons (Fsp3) is 0.533. The van der Waals surface area contributed by atoms with Gasteiger partial charge >= 0.3 is 0 Å². The zero-order valence-electron chi connectivity index (χ0n) is 11.5. The summed E-state index contributed by atoms with van der Waals surface area (Å²) in [6.45, 7) is 1.85. The van der Waals surface area contributed by atoms with E-state index in [0.717, 1.165) is 49.4 Å². The van der Waals surface area contributed by atoms with E-state index in [1.54, 1.807) is 0 Å². The van der Waals surface area contributed by atoms with Crippen molar-refractivity contribution in [3.05, 3.63) is 23.8 Å². The van der Waals surface area contributed by atoms with Crippen LogP contribution < -0.4 is 20.1 Å². The summed E-state index contributed by atoms with van der Waals surface area (Å²) < 4.78 is 10.8. The number of carbonyl (C=O) groups excluding carboxylic acids is 1. The number of ether oxygens (including phenoxy) is 2. The Morgan fingerprint density at radius 1 is 1.30 bits per heavy atom. The standard InChI is InChI=1S/C15H20N2O3/c18-14(17-12-6-7-12)5-2-8-16-9-11-3-1-4-13-15(11)20-10-19-13/h1,3-4,12,16H,2,5-10H2,(H,17,18). The molecule has 1 fully saturated rings. The Labute approximate surface area is 118 Å². The molecule has 0 radical (unpaired) electrons. The Bertz CT molecular complexity index is 486. The molecular formula is C15H20N2O3. The summed E-state index contributed by atoms with van der Waals surface area (Å²) in [6, 6.07) is 6.36. The molecule has 1 aliphatic heterocycles. The second kappa shape index (κ2) is 6.13. The second-order valence-corrected chi connectivity index (χ2v) is 5.27. The van der Waals surface area contributed by atoms with Crippen LogP contribution in [0.5, 0.6) is 11.5 Å². The van der Waals surface area contributed by atoms with Gasteiger partial charge in [0, 0.05) is 24.6 Å². The molecule has 0 unspecified atom stereocenters. The summed E-state index contributed by atoms with van der Waals surface area (Å²) in [5, 5.41) is 6.33. The Morgan fingerprint density at radius 3 is 3.05 bits per heavy atom. The van der Waals surface area contributed by atoms with Crippen LogP contribution in [0.15, 0.2) is 18.2 Å². The zero-order valence-corrected chi connectivity index (χ0v) is 11.5. The predicted octanol–water partition coefficient (Wildman–Crippen LogP) is 1.56. The van der Waals surface area contributed by atoms with Crippen molar-refractivity contribution in [1.82, 2.24) is 10.6 Å². The monoisotopic (exact) mass is 276 g/mol. The number of amides is 1. The lowest BCUT2D eigenvalue weighted by Gasteiger charge is -2.08. The average molecular weight is 276 g/mol. The predicted molar refractivity (Wildman–Crippen MR) is 74.7 cm³/mol. The molecule has 1 saturated carbocycles. The normalized spacial score (nSPS) is 16.2. The van der Waals surface area contributed by atoms with Gasteiger partial charge in [0.15, 0.2) is 11.5 Å². The van der Waals surface area contributed by atoms with Gasteiger partial charge in [0.05, 0.1) is 0 Å². The fourth-order valence-electron chi connectivity index (χ4n) is 2.25. The summed E-state index contributed by atoms with van der Waals surface area (Å²) >= 11 is 0. The van der Waals surface area contributed by atoms with E-state index in [1.807, 2.05) is 18.2 Å². The van der Waals surface area contributed by atoms with Gasteiger partial charge in [-0.15, -0.1) is 0 Å². The molecule has 20 heavy (non-hydrogen) atoms. The molecule has 1 aliphatic carbocycles. The summed E-state index contributed by atoms with van der Waals surface area (Å²) in [6.07, 6.45) is 3.73. The molecule has 0 saturated heterocycles. The first-order valence-electron chi connectivity index (χ1n) is 7.20. The van der Waals surface area contributed by atoms with Gasteiger partial charge < -0.3 is 20.1 Å². The molecule has 2 aliphatic rings. The van der Waals surface area contributed by atoms with Gasteiger partial charge in [0.1, 0.15) is 0 Å². The van der Waals surface area contributed by atoms with E-state index in [1.165, 1.54) is 0 Å². The van der Waals surface area contributed by atoms with Crippen molar-refractivity contribution in [3.8, 4) is 11.5 Å². The molecule has 5 nitrogen and oxygen atoms in total. The Morgan fingerprint density at radius 2 is 2.20 bits per heavy atom. The van der Waals surface area contributed by atoms with Crippen molar-refractivity contribution >= 4 is 5.91 Å². The van der Waals surface area contributed by atoms with Gasteiger partial charge in [0.25, 0.3) is 0 Å². The van der Waals surface area contributed by atoms with Crippen molar-refractivity contribution in [1.29, 1.82) is 0 Å². The van der Waals surface area contributed by atoms with E-state index in [2.05, 4.69) is 10.6 Å². The third-order valence-electron chi connectivity index (χ3n) is 3.49.